The third kappa shape index (κ3) is 7.88. The van der Waals surface area contributed by atoms with Gasteiger partial charge in [-0.25, -0.2) is 0 Å². The topological polar surface area (TPSA) is 83.1 Å². The zero-order valence-corrected chi connectivity index (χ0v) is 11.1. The second-order valence-electron chi connectivity index (χ2n) is 4.15. The molecule has 0 saturated heterocycles. The first-order chi connectivity index (χ1) is 9.18. The van der Waals surface area contributed by atoms with Gasteiger partial charge in [-0.05, 0) is 24.6 Å². The summed E-state index contributed by atoms with van der Waals surface area (Å²) in [4.78, 5) is 25.9. The lowest BCUT2D eigenvalue weighted by molar-refractivity contribution is -0.125. The predicted octanol–water partition coefficient (Wildman–Crippen LogP) is -0.186. The molecule has 3 N–H and O–H groups in total. The molecule has 0 radical (unpaired) electrons. The molecule has 0 saturated carbocycles. The van der Waals surface area contributed by atoms with Gasteiger partial charge in [-0.1, -0.05) is 6.07 Å². The summed E-state index contributed by atoms with van der Waals surface area (Å²) >= 11 is 0. The lowest BCUT2D eigenvalue weighted by Crippen LogP contribution is -2.36. The minimum Gasteiger partial charge on any atom is -0.355 e. The van der Waals surface area contributed by atoms with Crippen molar-refractivity contribution in [2.75, 3.05) is 19.6 Å². The number of hydrogen-bond donors (Lipinski definition) is 3. The molecule has 0 spiro atoms. The molecule has 19 heavy (non-hydrogen) atoms. The van der Waals surface area contributed by atoms with E-state index in [0.29, 0.717) is 6.54 Å². The molecular formula is C13H20N4O2. The summed E-state index contributed by atoms with van der Waals surface area (Å²) in [6.07, 6.45) is 4.41. The van der Waals surface area contributed by atoms with Crippen LogP contribution in [0.5, 0.6) is 0 Å². The Labute approximate surface area is 113 Å². The molecule has 0 aliphatic heterocycles. The minimum absolute atomic E-state index is 0.0401. The van der Waals surface area contributed by atoms with Crippen molar-refractivity contribution in [2.45, 2.75) is 19.9 Å². The Bertz CT molecular complexity index is 395. The normalized spacial score (nSPS) is 9.95. The van der Waals surface area contributed by atoms with Crippen molar-refractivity contribution in [3.8, 4) is 0 Å². The molecule has 6 heteroatoms. The minimum atomic E-state index is -0.201. The van der Waals surface area contributed by atoms with E-state index in [-0.39, 0.29) is 18.4 Å². The first-order valence-electron chi connectivity index (χ1n) is 6.29. The maximum atomic E-state index is 11.2. The molecule has 0 aliphatic carbocycles. The van der Waals surface area contributed by atoms with Gasteiger partial charge in [-0.2, -0.15) is 0 Å². The summed E-state index contributed by atoms with van der Waals surface area (Å²) in [5, 5.41) is 8.44. The number of carbonyl (C=O) groups is 2. The lowest BCUT2D eigenvalue weighted by atomic mass is 10.3. The Hall–Kier alpha value is -1.95. The van der Waals surface area contributed by atoms with Crippen molar-refractivity contribution >= 4 is 11.8 Å². The summed E-state index contributed by atoms with van der Waals surface area (Å²) in [7, 11) is 0. The Morgan fingerprint density at radius 1 is 1.26 bits per heavy atom. The highest BCUT2D eigenvalue weighted by Crippen LogP contribution is 1.93. The van der Waals surface area contributed by atoms with Gasteiger partial charge in [-0.3, -0.25) is 14.6 Å². The van der Waals surface area contributed by atoms with Crippen LogP contribution >= 0.6 is 0 Å². The quantitative estimate of drug-likeness (QED) is 0.569. The van der Waals surface area contributed by atoms with E-state index in [2.05, 4.69) is 20.9 Å². The van der Waals surface area contributed by atoms with Gasteiger partial charge in [0.2, 0.25) is 11.8 Å². The second kappa shape index (κ2) is 9.04. The maximum absolute atomic E-state index is 11.2. The SMILES string of the molecule is CC(=O)NCC(=O)NCCCNCc1cccnc1. The highest BCUT2D eigenvalue weighted by atomic mass is 16.2. The van der Waals surface area contributed by atoms with E-state index in [1.54, 1.807) is 6.20 Å². The molecule has 1 heterocycles. The van der Waals surface area contributed by atoms with Gasteiger partial charge in [0, 0.05) is 32.4 Å². The number of nitrogens with one attached hydrogen (secondary N) is 3. The van der Waals surface area contributed by atoms with Crippen LogP contribution in [0.3, 0.4) is 0 Å². The van der Waals surface area contributed by atoms with E-state index in [9.17, 15) is 9.59 Å². The monoisotopic (exact) mass is 264 g/mol. The molecule has 0 atom stereocenters. The predicted molar refractivity (Wildman–Crippen MR) is 72.3 cm³/mol. The van der Waals surface area contributed by atoms with Crippen LogP contribution < -0.4 is 16.0 Å². The van der Waals surface area contributed by atoms with Crippen LogP contribution in [0.4, 0.5) is 0 Å². The zero-order chi connectivity index (χ0) is 13.9. The van der Waals surface area contributed by atoms with Gasteiger partial charge in [0.15, 0.2) is 0 Å². The van der Waals surface area contributed by atoms with E-state index in [0.717, 1.165) is 25.1 Å². The van der Waals surface area contributed by atoms with E-state index in [4.69, 9.17) is 0 Å². The fourth-order valence-corrected chi connectivity index (χ4v) is 1.44. The zero-order valence-electron chi connectivity index (χ0n) is 11.1. The van der Waals surface area contributed by atoms with Crippen molar-refractivity contribution in [3.05, 3.63) is 30.1 Å². The molecule has 6 nitrogen and oxygen atoms in total. The summed E-state index contributed by atoms with van der Waals surface area (Å²) in [6.45, 7) is 3.61. The first kappa shape index (κ1) is 15.1. The average Bonchev–Trinajstić information content (AvgIpc) is 2.41. The molecular weight excluding hydrogens is 244 g/mol. The van der Waals surface area contributed by atoms with Crippen molar-refractivity contribution in [2.24, 2.45) is 0 Å². The molecule has 104 valence electrons. The molecule has 0 aliphatic rings. The van der Waals surface area contributed by atoms with Crippen LogP contribution in [0.1, 0.15) is 18.9 Å². The van der Waals surface area contributed by atoms with E-state index >= 15 is 0 Å². The maximum Gasteiger partial charge on any atom is 0.239 e. The number of carbonyl (C=O) groups excluding carboxylic acids is 2. The van der Waals surface area contributed by atoms with Crippen LogP contribution in [0.25, 0.3) is 0 Å². The molecule has 1 aromatic rings. The van der Waals surface area contributed by atoms with E-state index in [1.165, 1.54) is 6.92 Å². The average molecular weight is 264 g/mol. The smallest absolute Gasteiger partial charge is 0.239 e. The van der Waals surface area contributed by atoms with Gasteiger partial charge >= 0.3 is 0 Å². The van der Waals surface area contributed by atoms with Crippen LogP contribution in [0, 0.1) is 0 Å². The van der Waals surface area contributed by atoms with Crippen molar-refractivity contribution in [3.63, 3.8) is 0 Å². The number of hydrogen-bond acceptors (Lipinski definition) is 4. The number of rotatable bonds is 8. The van der Waals surface area contributed by atoms with E-state index in [1.807, 2.05) is 18.3 Å². The van der Waals surface area contributed by atoms with Gasteiger partial charge < -0.3 is 16.0 Å². The molecule has 0 aromatic carbocycles. The number of amides is 2. The lowest BCUT2D eigenvalue weighted by Gasteiger charge is -2.07. The summed E-state index contributed by atoms with van der Waals surface area (Å²) in [5.41, 5.74) is 1.14. The Morgan fingerprint density at radius 2 is 2.11 bits per heavy atom. The van der Waals surface area contributed by atoms with Crippen molar-refractivity contribution < 1.29 is 9.59 Å². The molecule has 0 fully saturated rings. The van der Waals surface area contributed by atoms with Crippen molar-refractivity contribution in [1.29, 1.82) is 0 Å². The number of nitrogens with zero attached hydrogens (tertiary/aromatic N) is 1. The third-order valence-electron chi connectivity index (χ3n) is 2.40. The van der Waals surface area contributed by atoms with E-state index < -0.39 is 0 Å². The highest BCUT2D eigenvalue weighted by Gasteiger charge is 2.00. The van der Waals surface area contributed by atoms with Crippen LogP contribution in [0.15, 0.2) is 24.5 Å². The first-order valence-corrected chi connectivity index (χ1v) is 6.29. The molecule has 0 unspecified atom stereocenters. The Morgan fingerprint density at radius 3 is 2.79 bits per heavy atom. The molecule has 1 aromatic heterocycles. The van der Waals surface area contributed by atoms with Crippen molar-refractivity contribution in [1.82, 2.24) is 20.9 Å². The number of aromatic nitrogens is 1. The summed E-state index contributed by atoms with van der Waals surface area (Å²) in [6, 6.07) is 3.91. The van der Waals surface area contributed by atoms with Gasteiger partial charge in [0.05, 0.1) is 6.54 Å². The standard InChI is InChI=1S/C13H20N4O2/c1-11(18)17-10-13(19)16-7-3-6-15-9-12-4-2-5-14-8-12/h2,4-5,8,15H,3,6-7,9-10H2,1H3,(H,16,19)(H,17,18). The fourth-order valence-electron chi connectivity index (χ4n) is 1.44. The molecule has 1 rings (SSSR count). The van der Waals surface area contributed by atoms with Gasteiger partial charge in [0.25, 0.3) is 0 Å². The second-order valence-corrected chi connectivity index (χ2v) is 4.15. The molecule has 2 amide bonds. The number of pyridine rings is 1. The Kier molecular flexibility index (Phi) is 7.19. The summed E-state index contributed by atoms with van der Waals surface area (Å²) < 4.78 is 0. The van der Waals surface area contributed by atoms with Crippen LogP contribution in [-0.2, 0) is 16.1 Å². The fraction of sp³-hybridized carbons (Fsp3) is 0.462. The van der Waals surface area contributed by atoms with Crippen LogP contribution in [0.2, 0.25) is 0 Å². The largest absolute Gasteiger partial charge is 0.355 e. The van der Waals surface area contributed by atoms with Crippen LogP contribution in [-0.4, -0.2) is 36.4 Å². The highest BCUT2D eigenvalue weighted by molar-refractivity contribution is 5.83. The molecule has 0 bridgehead atoms. The third-order valence-corrected chi connectivity index (χ3v) is 2.40. The Balaban J connectivity index is 1.96. The summed E-state index contributed by atoms with van der Waals surface area (Å²) in [5.74, 6) is -0.365. The van der Waals surface area contributed by atoms with Gasteiger partial charge in [-0.15, -0.1) is 0 Å². The van der Waals surface area contributed by atoms with Gasteiger partial charge in [0.1, 0.15) is 0 Å².